The van der Waals surface area contributed by atoms with E-state index < -0.39 is 0 Å². The summed E-state index contributed by atoms with van der Waals surface area (Å²) in [6.45, 7) is 4.76. The molecular formula is C28H28N2O3. The van der Waals surface area contributed by atoms with Crippen molar-refractivity contribution < 1.29 is 14.4 Å². The van der Waals surface area contributed by atoms with Gasteiger partial charge in [0.05, 0.1) is 5.69 Å². The molecule has 0 radical (unpaired) electrons. The molecule has 33 heavy (non-hydrogen) atoms. The van der Waals surface area contributed by atoms with Crippen LogP contribution in [0.3, 0.4) is 0 Å². The highest BCUT2D eigenvalue weighted by Gasteiger charge is 2.31. The normalized spacial score (nSPS) is 19.3. The van der Waals surface area contributed by atoms with Gasteiger partial charge in [0.1, 0.15) is 5.78 Å². The SMILES string of the molecule is CC(=O)c1cccc(C(=O)N2CC=C(c3cc(CC(=O)C4CC4)nc4c3C=CC4)C(C)C2)c1. The first-order chi connectivity index (χ1) is 15.9. The number of nitrogens with zero attached hydrogens (tertiary/aromatic N) is 2. The second-order valence-corrected chi connectivity index (χ2v) is 9.45. The average molecular weight is 441 g/mol. The van der Waals surface area contributed by atoms with E-state index >= 15 is 0 Å². The van der Waals surface area contributed by atoms with Gasteiger partial charge in [0.2, 0.25) is 0 Å². The molecule has 1 atom stereocenters. The summed E-state index contributed by atoms with van der Waals surface area (Å²) < 4.78 is 0. The van der Waals surface area contributed by atoms with Gasteiger partial charge in [0.25, 0.3) is 5.91 Å². The number of carbonyl (C=O) groups excluding carboxylic acids is 3. The predicted octanol–water partition coefficient (Wildman–Crippen LogP) is 4.55. The zero-order valence-electron chi connectivity index (χ0n) is 19.1. The van der Waals surface area contributed by atoms with Crippen LogP contribution < -0.4 is 0 Å². The Labute approximate surface area is 194 Å². The summed E-state index contributed by atoms with van der Waals surface area (Å²) in [6.07, 6.45) is 9.62. The Kier molecular flexibility index (Phi) is 5.57. The maximum absolute atomic E-state index is 13.1. The molecule has 3 aliphatic rings. The number of allylic oxidation sites excluding steroid dienone is 1. The van der Waals surface area contributed by atoms with Gasteiger partial charge >= 0.3 is 0 Å². The Morgan fingerprint density at radius 3 is 2.64 bits per heavy atom. The number of rotatable bonds is 6. The first-order valence-corrected chi connectivity index (χ1v) is 11.7. The van der Waals surface area contributed by atoms with Crippen LogP contribution in [0.2, 0.25) is 0 Å². The van der Waals surface area contributed by atoms with E-state index in [1.807, 2.05) is 4.90 Å². The van der Waals surface area contributed by atoms with E-state index in [9.17, 15) is 14.4 Å². The van der Waals surface area contributed by atoms with Gasteiger partial charge in [-0.05, 0) is 55.0 Å². The Balaban J connectivity index is 1.41. The summed E-state index contributed by atoms with van der Waals surface area (Å²) in [5.41, 5.74) is 6.49. The van der Waals surface area contributed by atoms with Crippen molar-refractivity contribution in [3.05, 3.63) is 76.1 Å². The van der Waals surface area contributed by atoms with Crippen LogP contribution >= 0.6 is 0 Å². The molecule has 5 nitrogen and oxygen atoms in total. The summed E-state index contributed by atoms with van der Waals surface area (Å²) in [4.78, 5) is 43.9. The van der Waals surface area contributed by atoms with Crippen LogP contribution in [-0.4, -0.2) is 40.4 Å². The van der Waals surface area contributed by atoms with Crippen LogP contribution in [0.1, 0.15) is 69.9 Å². The largest absolute Gasteiger partial charge is 0.334 e. The Hall–Kier alpha value is -3.34. The molecule has 2 heterocycles. The molecule has 5 rings (SSSR count). The number of hydrogen-bond acceptors (Lipinski definition) is 4. The molecule has 1 amide bonds. The molecule has 0 bridgehead atoms. The van der Waals surface area contributed by atoms with Crippen LogP contribution in [-0.2, 0) is 17.6 Å². The van der Waals surface area contributed by atoms with Crippen LogP contribution in [0.4, 0.5) is 0 Å². The predicted molar refractivity (Wildman–Crippen MR) is 128 cm³/mol. The Morgan fingerprint density at radius 2 is 1.91 bits per heavy atom. The van der Waals surface area contributed by atoms with Crippen LogP contribution in [0.25, 0.3) is 11.6 Å². The molecule has 1 unspecified atom stereocenters. The van der Waals surface area contributed by atoms with E-state index in [0.717, 1.165) is 41.8 Å². The fourth-order valence-electron chi connectivity index (χ4n) is 4.86. The van der Waals surface area contributed by atoms with Crippen LogP contribution in [0.5, 0.6) is 0 Å². The minimum Gasteiger partial charge on any atom is -0.334 e. The Bertz CT molecular complexity index is 1220. The molecule has 1 aromatic carbocycles. The fraction of sp³-hybridized carbons (Fsp3) is 0.357. The number of hydrogen-bond donors (Lipinski definition) is 0. The number of ketones is 2. The third-order valence-corrected chi connectivity index (χ3v) is 6.85. The highest BCUT2D eigenvalue weighted by molar-refractivity contribution is 6.00. The van der Waals surface area contributed by atoms with Crippen molar-refractivity contribution >= 4 is 29.1 Å². The maximum atomic E-state index is 13.1. The molecule has 1 aromatic heterocycles. The van der Waals surface area contributed by atoms with E-state index in [1.165, 1.54) is 12.5 Å². The van der Waals surface area contributed by atoms with E-state index in [2.05, 4.69) is 31.2 Å². The van der Waals surface area contributed by atoms with E-state index in [-0.39, 0.29) is 23.5 Å². The summed E-state index contributed by atoms with van der Waals surface area (Å²) in [6, 6.07) is 9.03. The average Bonchev–Trinajstić information content (AvgIpc) is 3.56. The molecule has 0 saturated heterocycles. The zero-order valence-corrected chi connectivity index (χ0v) is 19.1. The van der Waals surface area contributed by atoms with Gasteiger partial charge in [0.15, 0.2) is 5.78 Å². The number of fused-ring (bicyclic) bond motifs is 1. The third kappa shape index (κ3) is 4.32. The molecule has 2 aromatic rings. The van der Waals surface area contributed by atoms with Crippen LogP contribution in [0, 0.1) is 11.8 Å². The number of carbonyl (C=O) groups is 3. The standard InChI is InChI=1S/C28H28N2O3/c1-17-16-30(28(33)21-6-3-5-20(13-21)18(2)31)12-11-23(17)25-14-22(15-27(32)19-9-10-19)29-26-8-4-7-24(25)26/h3-7,11,13-14,17,19H,8-10,12,15-16H2,1-2H3. The van der Waals surface area contributed by atoms with Gasteiger partial charge < -0.3 is 4.90 Å². The number of amides is 1. The van der Waals surface area contributed by atoms with Gasteiger partial charge in [0, 0.05) is 54.2 Å². The molecular weight excluding hydrogens is 412 g/mol. The number of pyridine rings is 1. The molecule has 1 fully saturated rings. The lowest BCUT2D eigenvalue weighted by Gasteiger charge is -2.32. The Morgan fingerprint density at radius 1 is 1.12 bits per heavy atom. The minimum absolute atomic E-state index is 0.0468. The number of aromatic nitrogens is 1. The zero-order chi connectivity index (χ0) is 23.1. The summed E-state index contributed by atoms with van der Waals surface area (Å²) in [5, 5.41) is 0. The smallest absolute Gasteiger partial charge is 0.254 e. The number of benzene rings is 1. The number of Topliss-reactive ketones (excluding diaryl/α,β-unsaturated/α-hetero) is 2. The third-order valence-electron chi connectivity index (χ3n) is 6.85. The second kappa shape index (κ2) is 8.54. The quantitative estimate of drug-likeness (QED) is 0.618. The summed E-state index contributed by atoms with van der Waals surface area (Å²) in [7, 11) is 0. The first-order valence-electron chi connectivity index (χ1n) is 11.7. The van der Waals surface area contributed by atoms with E-state index in [1.54, 1.807) is 24.3 Å². The lowest BCUT2D eigenvalue weighted by molar-refractivity contribution is -0.119. The van der Waals surface area contributed by atoms with Crippen molar-refractivity contribution in [2.24, 2.45) is 11.8 Å². The lowest BCUT2D eigenvalue weighted by Crippen LogP contribution is -2.38. The first kappa shape index (κ1) is 21.5. The summed E-state index contributed by atoms with van der Waals surface area (Å²) in [5.74, 6) is 0.571. The minimum atomic E-state index is -0.0594. The van der Waals surface area contributed by atoms with E-state index in [0.29, 0.717) is 36.4 Å². The van der Waals surface area contributed by atoms with Gasteiger partial charge in [-0.1, -0.05) is 37.3 Å². The molecule has 0 N–H and O–H groups in total. The van der Waals surface area contributed by atoms with Gasteiger partial charge in [-0.15, -0.1) is 0 Å². The molecule has 1 saturated carbocycles. The van der Waals surface area contributed by atoms with Crippen molar-refractivity contribution in [2.75, 3.05) is 13.1 Å². The fourth-order valence-corrected chi connectivity index (χ4v) is 4.86. The van der Waals surface area contributed by atoms with Gasteiger partial charge in [-0.3, -0.25) is 19.4 Å². The molecule has 168 valence electrons. The molecule has 5 heteroatoms. The van der Waals surface area contributed by atoms with Gasteiger partial charge in [-0.25, -0.2) is 0 Å². The molecule has 1 aliphatic heterocycles. The van der Waals surface area contributed by atoms with Crippen molar-refractivity contribution in [3.8, 4) is 0 Å². The van der Waals surface area contributed by atoms with Crippen molar-refractivity contribution in [1.29, 1.82) is 0 Å². The highest BCUT2D eigenvalue weighted by atomic mass is 16.2. The van der Waals surface area contributed by atoms with Gasteiger partial charge in [-0.2, -0.15) is 0 Å². The molecule has 0 spiro atoms. The lowest BCUT2D eigenvalue weighted by atomic mass is 9.87. The van der Waals surface area contributed by atoms with E-state index in [4.69, 9.17) is 4.98 Å². The topological polar surface area (TPSA) is 67.3 Å². The van der Waals surface area contributed by atoms with Crippen LogP contribution in [0.15, 0.2) is 42.5 Å². The highest BCUT2D eigenvalue weighted by Crippen LogP contribution is 2.36. The maximum Gasteiger partial charge on any atom is 0.254 e. The molecule has 2 aliphatic carbocycles. The van der Waals surface area contributed by atoms with Crippen molar-refractivity contribution in [1.82, 2.24) is 9.88 Å². The monoisotopic (exact) mass is 440 g/mol. The van der Waals surface area contributed by atoms with Crippen molar-refractivity contribution in [3.63, 3.8) is 0 Å². The summed E-state index contributed by atoms with van der Waals surface area (Å²) >= 11 is 0. The second-order valence-electron chi connectivity index (χ2n) is 9.45. The van der Waals surface area contributed by atoms with Crippen molar-refractivity contribution in [2.45, 2.75) is 39.5 Å².